The lowest BCUT2D eigenvalue weighted by atomic mass is 9.96. The fourth-order valence-electron chi connectivity index (χ4n) is 3.67. The van der Waals surface area contributed by atoms with Gasteiger partial charge in [-0.25, -0.2) is 4.98 Å². The summed E-state index contributed by atoms with van der Waals surface area (Å²) in [6.07, 6.45) is 6.98. The average Bonchev–Trinajstić information content (AvgIpc) is 3.47. The molecule has 0 bridgehead atoms. The van der Waals surface area contributed by atoms with Crippen LogP contribution in [-0.2, 0) is 16.9 Å². The van der Waals surface area contributed by atoms with Gasteiger partial charge < -0.3 is 14.6 Å². The van der Waals surface area contributed by atoms with Crippen molar-refractivity contribution in [2.45, 2.75) is 51.7 Å². The lowest BCUT2D eigenvalue weighted by Crippen LogP contribution is -2.44. The second kappa shape index (κ2) is 8.79. The minimum atomic E-state index is -0.546. The van der Waals surface area contributed by atoms with Crippen LogP contribution >= 0.6 is 11.3 Å². The number of benzene rings is 1. The van der Waals surface area contributed by atoms with Crippen LogP contribution in [0.1, 0.15) is 53.7 Å². The van der Waals surface area contributed by atoms with Crippen molar-refractivity contribution in [3.8, 4) is 5.75 Å². The second-order valence-electron chi connectivity index (χ2n) is 7.47. The summed E-state index contributed by atoms with van der Waals surface area (Å²) in [5.41, 5.74) is 1.25. The fraction of sp³-hybridized carbons (Fsp3) is 0.364. The fourth-order valence-corrected chi connectivity index (χ4v) is 4.26. The first-order valence-electron chi connectivity index (χ1n) is 9.97. The first-order chi connectivity index (χ1) is 14.5. The predicted octanol–water partition coefficient (Wildman–Crippen LogP) is 4.32. The molecule has 8 heteroatoms. The third-order valence-electron chi connectivity index (χ3n) is 5.11. The smallest absolute Gasteiger partial charge is 0.244 e. The number of hydrogen-bond acceptors (Lipinski definition) is 7. The Morgan fingerprint density at radius 2 is 2.13 bits per heavy atom. The summed E-state index contributed by atoms with van der Waals surface area (Å²) in [5, 5.41) is 10.2. The van der Waals surface area contributed by atoms with Crippen LogP contribution in [0.3, 0.4) is 0 Å². The van der Waals surface area contributed by atoms with E-state index in [-0.39, 0.29) is 5.91 Å². The van der Waals surface area contributed by atoms with Gasteiger partial charge in [-0.05, 0) is 43.5 Å². The molecule has 1 aliphatic rings. The molecule has 4 rings (SSSR count). The second-order valence-corrected chi connectivity index (χ2v) is 8.53. The molecule has 0 radical (unpaired) electrons. The van der Waals surface area contributed by atoms with Crippen LogP contribution in [0.4, 0.5) is 0 Å². The molecule has 1 aliphatic carbocycles. The van der Waals surface area contributed by atoms with Crippen molar-refractivity contribution in [1.82, 2.24) is 20.4 Å². The summed E-state index contributed by atoms with van der Waals surface area (Å²) in [6.45, 7) is 4.15. The zero-order valence-electron chi connectivity index (χ0n) is 17.1. The maximum Gasteiger partial charge on any atom is 0.244 e. The maximum absolute atomic E-state index is 12.6. The van der Waals surface area contributed by atoms with Gasteiger partial charge in [0, 0.05) is 18.4 Å². The number of carbonyl (C=O) groups excluding carboxylic acids is 1. The van der Waals surface area contributed by atoms with Gasteiger partial charge in [-0.1, -0.05) is 30.1 Å². The lowest BCUT2D eigenvalue weighted by Gasteiger charge is -2.25. The quantitative estimate of drug-likeness (QED) is 0.568. The Hall–Kier alpha value is -3.00. The number of rotatable bonds is 7. The standard InChI is InChI=1S/C22H24N4O3S/c1-15-23-21(26-29-15)22(10-3-4-11-22)25-20(27)9-8-17-6-5-7-19(12-17)28-13-18-14-30-16(2)24-18/h5-9,12,14H,3-4,10-11,13H2,1-2H3,(H,25,27)/b9-8+. The Kier molecular flexibility index (Phi) is 5.94. The van der Waals surface area contributed by atoms with Crippen molar-refractivity contribution in [3.05, 3.63) is 63.7 Å². The Balaban J connectivity index is 1.40. The van der Waals surface area contributed by atoms with Crippen LogP contribution in [-0.4, -0.2) is 21.0 Å². The van der Waals surface area contributed by atoms with Gasteiger partial charge in [0.05, 0.1) is 10.7 Å². The van der Waals surface area contributed by atoms with E-state index in [4.69, 9.17) is 9.26 Å². The van der Waals surface area contributed by atoms with E-state index in [2.05, 4.69) is 20.4 Å². The number of thiazole rings is 1. The zero-order chi connectivity index (χ0) is 21.0. The van der Waals surface area contributed by atoms with E-state index in [1.807, 2.05) is 36.6 Å². The van der Waals surface area contributed by atoms with Gasteiger partial charge >= 0.3 is 0 Å². The first kappa shape index (κ1) is 20.3. The molecule has 2 heterocycles. The molecular weight excluding hydrogens is 400 g/mol. The molecule has 0 spiro atoms. The molecule has 1 fully saturated rings. The van der Waals surface area contributed by atoms with Crippen molar-refractivity contribution in [1.29, 1.82) is 0 Å². The molecule has 0 unspecified atom stereocenters. The minimum absolute atomic E-state index is 0.177. The van der Waals surface area contributed by atoms with Crippen molar-refractivity contribution in [3.63, 3.8) is 0 Å². The van der Waals surface area contributed by atoms with Crippen LogP contribution in [0.2, 0.25) is 0 Å². The van der Waals surface area contributed by atoms with E-state index in [9.17, 15) is 4.79 Å². The molecule has 1 saturated carbocycles. The highest BCUT2D eigenvalue weighted by Crippen LogP contribution is 2.37. The van der Waals surface area contributed by atoms with Gasteiger partial charge in [0.1, 0.15) is 17.9 Å². The minimum Gasteiger partial charge on any atom is -0.487 e. The number of ether oxygens (including phenoxy) is 1. The summed E-state index contributed by atoms with van der Waals surface area (Å²) in [7, 11) is 0. The Morgan fingerprint density at radius 3 is 2.83 bits per heavy atom. The number of nitrogens with zero attached hydrogens (tertiary/aromatic N) is 3. The number of amides is 1. The van der Waals surface area contributed by atoms with Crippen LogP contribution in [0.15, 0.2) is 40.2 Å². The molecule has 1 aromatic carbocycles. The summed E-state index contributed by atoms with van der Waals surface area (Å²) < 4.78 is 11.0. The zero-order valence-corrected chi connectivity index (χ0v) is 17.9. The van der Waals surface area contributed by atoms with Crippen molar-refractivity contribution in [2.24, 2.45) is 0 Å². The Bertz CT molecular complexity index is 1050. The van der Waals surface area contributed by atoms with Crippen molar-refractivity contribution < 1.29 is 14.1 Å². The SMILES string of the molecule is Cc1nc(C2(NC(=O)/C=C/c3cccc(OCc4csc(C)n4)c3)CCCC2)no1. The van der Waals surface area contributed by atoms with Gasteiger partial charge in [0.2, 0.25) is 11.8 Å². The number of nitrogens with one attached hydrogen (secondary N) is 1. The van der Waals surface area contributed by atoms with Crippen molar-refractivity contribution >= 4 is 23.3 Å². The molecular formula is C22H24N4O3S. The van der Waals surface area contributed by atoms with E-state index < -0.39 is 5.54 Å². The van der Waals surface area contributed by atoms with Gasteiger partial charge in [-0.15, -0.1) is 11.3 Å². The molecule has 7 nitrogen and oxygen atoms in total. The molecule has 1 amide bonds. The number of aryl methyl sites for hydroxylation is 2. The average molecular weight is 425 g/mol. The normalized spacial score (nSPS) is 15.5. The van der Waals surface area contributed by atoms with Gasteiger partial charge in [-0.2, -0.15) is 4.98 Å². The summed E-state index contributed by atoms with van der Waals surface area (Å²) in [6, 6.07) is 7.62. The molecule has 3 aromatic rings. The summed E-state index contributed by atoms with van der Waals surface area (Å²) >= 11 is 1.60. The van der Waals surface area contributed by atoms with Gasteiger partial charge in [0.15, 0.2) is 5.82 Å². The molecule has 0 saturated heterocycles. The molecule has 156 valence electrons. The summed E-state index contributed by atoms with van der Waals surface area (Å²) in [4.78, 5) is 21.4. The van der Waals surface area contributed by atoms with E-state index >= 15 is 0 Å². The lowest BCUT2D eigenvalue weighted by molar-refractivity contribution is -0.118. The van der Waals surface area contributed by atoms with Crippen LogP contribution in [0.5, 0.6) is 5.75 Å². The number of aromatic nitrogens is 3. The predicted molar refractivity (Wildman–Crippen MR) is 114 cm³/mol. The molecule has 0 aliphatic heterocycles. The first-order valence-corrected chi connectivity index (χ1v) is 10.9. The molecule has 2 aromatic heterocycles. The monoisotopic (exact) mass is 424 g/mol. The van der Waals surface area contributed by atoms with Crippen molar-refractivity contribution in [2.75, 3.05) is 0 Å². The highest BCUT2D eigenvalue weighted by atomic mass is 32.1. The molecule has 30 heavy (non-hydrogen) atoms. The van der Waals surface area contributed by atoms with Crippen LogP contribution in [0.25, 0.3) is 6.08 Å². The number of carbonyl (C=O) groups is 1. The van der Waals surface area contributed by atoms with Gasteiger partial charge in [0.25, 0.3) is 0 Å². The number of hydrogen-bond donors (Lipinski definition) is 1. The highest BCUT2D eigenvalue weighted by Gasteiger charge is 2.40. The maximum atomic E-state index is 12.6. The summed E-state index contributed by atoms with van der Waals surface area (Å²) in [5.74, 6) is 1.62. The Morgan fingerprint density at radius 1 is 1.30 bits per heavy atom. The van der Waals surface area contributed by atoms with Gasteiger partial charge in [-0.3, -0.25) is 4.79 Å². The molecule has 1 N–H and O–H groups in total. The van der Waals surface area contributed by atoms with E-state index in [0.717, 1.165) is 47.7 Å². The van der Waals surface area contributed by atoms with E-state index in [0.29, 0.717) is 18.3 Å². The largest absolute Gasteiger partial charge is 0.487 e. The third kappa shape index (κ3) is 4.76. The Labute approximate surface area is 179 Å². The van der Waals surface area contributed by atoms with E-state index in [1.165, 1.54) is 6.08 Å². The van der Waals surface area contributed by atoms with E-state index in [1.54, 1.807) is 24.3 Å². The van der Waals surface area contributed by atoms with Crippen LogP contribution in [0, 0.1) is 13.8 Å². The molecule has 0 atom stereocenters. The topological polar surface area (TPSA) is 90.1 Å². The third-order valence-corrected chi connectivity index (χ3v) is 5.94. The highest BCUT2D eigenvalue weighted by molar-refractivity contribution is 7.09. The van der Waals surface area contributed by atoms with Crippen LogP contribution < -0.4 is 10.1 Å².